The Bertz CT molecular complexity index is 441. The number of ether oxygens (including phenoxy) is 2. The lowest BCUT2D eigenvalue weighted by atomic mass is 10.2. The zero-order chi connectivity index (χ0) is 13.7. The van der Waals surface area contributed by atoms with E-state index in [1.165, 1.54) is 18.9 Å². The van der Waals surface area contributed by atoms with Crippen LogP contribution in [0.5, 0.6) is 0 Å². The SMILES string of the molecule is COC(=O)Cc1c(C(=O)OC)nnn1CC(C)O. The van der Waals surface area contributed by atoms with Crippen molar-refractivity contribution in [3.05, 3.63) is 11.4 Å². The predicted octanol–water partition coefficient (Wildman–Crippen LogP) is -0.839. The smallest absolute Gasteiger partial charge is 0.360 e. The van der Waals surface area contributed by atoms with Crippen LogP contribution in [0.15, 0.2) is 0 Å². The largest absolute Gasteiger partial charge is 0.469 e. The van der Waals surface area contributed by atoms with Gasteiger partial charge in [0, 0.05) is 0 Å². The van der Waals surface area contributed by atoms with E-state index in [-0.39, 0.29) is 24.4 Å². The van der Waals surface area contributed by atoms with Gasteiger partial charge in [-0.05, 0) is 6.92 Å². The Morgan fingerprint density at radius 1 is 1.39 bits per heavy atom. The van der Waals surface area contributed by atoms with Gasteiger partial charge in [-0.1, -0.05) is 5.21 Å². The average molecular weight is 257 g/mol. The Balaban J connectivity index is 3.08. The van der Waals surface area contributed by atoms with Gasteiger partial charge >= 0.3 is 11.9 Å². The number of aliphatic hydroxyl groups is 1. The molecule has 1 aromatic rings. The van der Waals surface area contributed by atoms with Gasteiger partial charge in [-0.15, -0.1) is 5.10 Å². The number of carbonyl (C=O) groups excluding carboxylic acids is 2. The highest BCUT2D eigenvalue weighted by Crippen LogP contribution is 2.09. The number of rotatable bonds is 5. The summed E-state index contributed by atoms with van der Waals surface area (Å²) in [6.45, 7) is 1.68. The maximum atomic E-state index is 11.5. The lowest BCUT2D eigenvalue weighted by molar-refractivity contribution is -0.139. The number of methoxy groups -OCH3 is 2. The first-order chi connectivity index (χ1) is 8.49. The number of hydrogen-bond donors (Lipinski definition) is 1. The number of hydrogen-bond acceptors (Lipinski definition) is 7. The van der Waals surface area contributed by atoms with Gasteiger partial charge in [-0.2, -0.15) is 0 Å². The van der Waals surface area contributed by atoms with Crippen molar-refractivity contribution in [2.45, 2.75) is 26.0 Å². The molecule has 1 heterocycles. The predicted molar refractivity (Wildman–Crippen MR) is 58.8 cm³/mol. The van der Waals surface area contributed by atoms with E-state index < -0.39 is 18.0 Å². The van der Waals surface area contributed by atoms with Crippen molar-refractivity contribution in [3.8, 4) is 0 Å². The summed E-state index contributed by atoms with van der Waals surface area (Å²) in [7, 11) is 2.45. The van der Waals surface area contributed by atoms with Gasteiger partial charge in [0.05, 0.1) is 39.0 Å². The first-order valence-corrected chi connectivity index (χ1v) is 5.25. The Labute approximate surface area is 103 Å². The van der Waals surface area contributed by atoms with E-state index in [9.17, 15) is 14.7 Å². The van der Waals surface area contributed by atoms with Crippen LogP contribution in [-0.2, 0) is 27.2 Å². The quantitative estimate of drug-likeness (QED) is 0.686. The van der Waals surface area contributed by atoms with Crippen LogP contribution in [0.4, 0.5) is 0 Å². The van der Waals surface area contributed by atoms with Gasteiger partial charge < -0.3 is 14.6 Å². The second kappa shape index (κ2) is 6.10. The molecule has 1 unspecified atom stereocenters. The van der Waals surface area contributed by atoms with Crippen LogP contribution < -0.4 is 0 Å². The molecule has 0 fully saturated rings. The maximum absolute atomic E-state index is 11.5. The second-order valence-corrected chi connectivity index (χ2v) is 3.66. The highest BCUT2D eigenvalue weighted by molar-refractivity contribution is 5.89. The highest BCUT2D eigenvalue weighted by atomic mass is 16.5. The van der Waals surface area contributed by atoms with Crippen LogP contribution in [0, 0.1) is 0 Å². The molecular formula is C10H15N3O5. The minimum absolute atomic E-state index is 0.0523. The van der Waals surface area contributed by atoms with Crippen molar-refractivity contribution in [2.24, 2.45) is 0 Å². The van der Waals surface area contributed by atoms with Crippen molar-refractivity contribution in [2.75, 3.05) is 14.2 Å². The van der Waals surface area contributed by atoms with Crippen molar-refractivity contribution in [3.63, 3.8) is 0 Å². The van der Waals surface area contributed by atoms with Crippen molar-refractivity contribution in [1.29, 1.82) is 0 Å². The van der Waals surface area contributed by atoms with E-state index in [1.807, 2.05) is 0 Å². The van der Waals surface area contributed by atoms with Crippen LogP contribution in [0.3, 0.4) is 0 Å². The number of aliphatic hydroxyl groups excluding tert-OH is 1. The fraction of sp³-hybridized carbons (Fsp3) is 0.600. The van der Waals surface area contributed by atoms with E-state index in [0.717, 1.165) is 0 Å². The maximum Gasteiger partial charge on any atom is 0.360 e. The molecule has 8 nitrogen and oxygen atoms in total. The van der Waals surface area contributed by atoms with Gasteiger partial charge in [0.25, 0.3) is 0 Å². The molecule has 0 saturated carbocycles. The van der Waals surface area contributed by atoms with Crippen molar-refractivity contribution >= 4 is 11.9 Å². The van der Waals surface area contributed by atoms with Crippen LogP contribution in [-0.4, -0.2) is 52.4 Å². The number of aromatic nitrogens is 3. The number of carbonyl (C=O) groups is 2. The summed E-state index contributed by atoms with van der Waals surface area (Å²) >= 11 is 0. The zero-order valence-electron chi connectivity index (χ0n) is 10.4. The first-order valence-electron chi connectivity index (χ1n) is 5.25. The lowest BCUT2D eigenvalue weighted by Crippen LogP contribution is -2.19. The Morgan fingerprint density at radius 2 is 2.06 bits per heavy atom. The van der Waals surface area contributed by atoms with Gasteiger partial charge in [0.15, 0.2) is 5.69 Å². The summed E-state index contributed by atoms with van der Waals surface area (Å²) in [6, 6.07) is 0. The summed E-state index contributed by atoms with van der Waals surface area (Å²) in [5.41, 5.74) is 0.207. The van der Waals surface area contributed by atoms with Crippen molar-refractivity contribution in [1.82, 2.24) is 15.0 Å². The molecular weight excluding hydrogens is 242 g/mol. The molecule has 0 bridgehead atoms. The molecule has 0 spiro atoms. The minimum Gasteiger partial charge on any atom is -0.469 e. The molecule has 0 aliphatic rings. The summed E-state index contributed by atoms with van der Waals surface area (Å²) in [5.74, 6) is -1.22. The second-order valence-electron chi connectivity index (χ2n) is 3.66. The average Bonchev–Trinajstić information content (AvgIpc) is 2.70. The Kier molecular flexibility index (Phi) is 4.78. The van der Waals surface area contributed by atoms with Gasteiger partial charge in [0.1, 0.15) is 0 Å². The molecule has 18 heavy (non-hydrogen) atoms. The summed E-state index contributed by atoms with van der Waals surface area (Å²) in [4.78, 5) is 22.7. The molecule has 0 amide bonds. The molecule has 1 N–H and O–H groups in total. The number of nitrogens with zero attached hydrogens (tertiary/aromatic N) is 3. The minimum atomic E-state index is -0.689. The molecule has 0 radical (unpaired) electrons. The third-order valence-electron chi connectivity index (χ3n) is 2.19. The summed E-state index contributed by atoms with van der Waals surface area (Å²) in [6.07, 6.45) is -0.853. The third kappa shape index (κ3) is 3.27. The fourth-order valence-electron chi connectivity index (χ4n) is 1.37. The highest BCUT2D eigenvalue weighted by Gasteiger charge is 2.23. The zero-order valence-corrected chi connectivity index (χ0v) is 10.4. The Morgan fingerprint density at radius 3 is 2.56 bits per heavy atom. The molecule has 0 aromatic carbocycles. The van der Waals surface area contributed by atoms with E-state index in [0.29, 0.717) is 0 Å². The topological polar surface area (TPSA) is 104 Å². The monoisotopic (exact) mass is 257 g/mol. The standard InChI is InChI=1S/C10H15N3O5/c1-6(14)5-13-7(4-8(15)17-2)9(11-12-13)10(16)18-3/h6,14H,4-5H2,1-3H3. The third-order valence-corrected chi connectivity index (χ3v) is 2.19. The molecule has 8 heteroatoms. The summed E-state index contributed by atoms with van der Waals surface area (Å²) < 4.78 is 10.4. The van der Waals surface area contributed by atoms with Gasteiger partial charge in [-0.3, -0.25) is 4.79 Å². The van der Waals surface area contributed by atoms with Gasteiger partial charge in [-0.25, -0.2) is 9.48 Å². The van der Waals surface area contributed by atoms with Crippen LogP contribution in [0.2, 0.25) is 0 Å². The van der Waals surface area contributed by atoms with Gasteiger partial charge in [0.2, 0.25) is 0 Å². The van der Waals surface area contributed by atoms with E-state index in [1.54, 1.807) is 6.92 Å². The normalized spacial score (nSPS) is 12.0. The molecule has 1 aromatic heterocycles. The Hall–Kier alpha value is -1.96. The first kappa shape index (κ1) is 14.1. The molecule has 100 valence electrons. The number of esters is 2. The molecule has 0 saturated heterocycles. The van der Waals surface area contributed by atoms with Crippen LogP contribution in [0.1, 0.15) is 23.1 Å². The lowest BCUT2D eigenvalue weighted by Gasteiger charge is -2.08. The van der Waals surface area contributed by atoms with E-state index in [2.05, 4.69) is 19.8 Å². The summed E-state index contributed by atoms with van der Waals surface area (Å²) in [5, 5.41) is 16.7. The van der Waals surface area contributed by atoms with Crippen molar-refractivity contribution < 1.29 is 24.2 Å². The van der Waals surface area contributed by atoms with E-state index >= 15 is 0 Å². The molecule has 1 atom stereocenters. The fourth-order valence-corrected chi connectivity index (χ4v) is 1.37. The van der Waals surface area contributed by atoms with Crippen LogP contribution >= 0.6 is 0 Å². The van der Waals surface area contributed by atoms with E-state index in [4.69, 9.17) is 0 Å². The molecule has 0 aliphatic heterocycles. The molecule has 0 aliphatic carbocycles. The molecule has 1 rings (SSSR count). The van der Waals surface area contributed by atoms with Crippen LogP contribution in [0.25, 0.3) is 0 Å².